The zero-order valence-electron chi connectivity index (χ0n) is 12.0. The van der Waals surface area contributed by atoms with Gasteiger partial charge in [-0.15, -0.1) is 0 Å². The largest absolute Gasteiger partial charge is 0.341 e. The van der Waals surface area contributed by atoms with Crippen molar-refractivity contribution < 1.29 is 4.79 Å². The summed E-state index contributed by atoms with van der Waals surface area (Å²) < 4.78 is 0. The van der Waals surface area contributed by atoms with Crippen LogP contribution in [-0.4, -0.2) is 54.5 Å². The molecule has 0 aromatic carbocycles. The molecule has 0 aromatic heterocycles. The number of hydrogen-bond acceptors (Lipinski definition) is 3. The smallest absolute Gasteiger partial charge is 0.222 e. The molecule has 1 aliphatic rings. The number of amides is 1. The summed E-state index contributed by atoms with van der Waals surface area (Å²) in [4.78, 5) is 16.5. The zero-order chi connectivity index (χ0) is 13.4. The number of carbonyl (C=O) groups is 1. The van der Waals surface area contributed by atoms with E-state index in [1.54, 1.807) is 0 Å². The molecular weight excluding hydrogens is 226 g/mol. The molecule has 106 valence electrons. The number of hydrogen-bond donors (Lipinski definition) is 1. The second-order valence-electron chi connectivity index (χ2n) is 5.16. The van der Waals surface area contributed by atoms with Crippen LogP contribution in [0.3, 0.4) is 0 Å². The third kappa shape index (κ3) is 4.58. The van der Waals surface area contributed by atoms with Gasteiger partial charge in [-0.3, -0.25) is 9.69 Å². The Bertz CT molecular complexity index is 245. The average Bonchev–Trinajstić information content (AvgIpc) is 2.62. The monoisotopic (exact) mass is 255 g/mol. The fourth-order valence-corrected chi connectivity index (χ4v) is 2.76. The van der Waals surface area contributed by atoms with Crippen LogP contribution in [0.15, 0.2) is 0 Å². The van der Waals surface area contributed by atoms with Gasteiger partial charge in [-0.05, 0) is 32.2 Å². The van der Waals surface area contributed by atoms with E-state index in [9.17, 15) is 4.79 Å². The fraction of sp³-hybridized carbons (Fsp3) is 0.929. The topological polar surface area (TPSA) is 49.6 Å². The first-order valence-electron chi connectivity index (χ1n) is 7.44. The minimum Gasteiger partial charge on any atom is -0.341 e. The molecule has 1 fully saturated rings. The average molecular weight is 255 g/mol. The minimum absolute atomic E-state index is 0.325. The second-order valence-corrected chi connectivity index (χ2v) is 5.16. The molecule has 1 atom stereocenters. The van der Waals surface area contributed by atoms with E-state index in [0.29, 0.717) is 18.4 Å². The van der Waals surface area contributed by atoms with Gasteiger partial charge in [0.2, 0.25) is 5.91 Å². The van der Waals surface area contributed by atoms with Crippen molar-refractivity contribution in [1.29, 1.82) is 0 Å². The molecule has 1 aliphatic heterocycles. The molecule has 2 N–H and O–H groups in total. The molecule has 1 amide bonds. The molecule has 0 aliphatic carbocycles. The van der Waals surface area contributed by atoms with Crippen LogP contribution in [0.4, 0.5) is 0 Å². The lowest BCUT2D eigenvalue weighted by Gasteiger charge is -2.29. The number of rotatable bonds is 6. The van der Waals surface area contributed by atoms with Crippen LogP contribution in [0.1, 0.15) is 46.0 Å². The molecule has 1 unspecified atom stereocenters. The Morgan fingerprint density at radius 1 is 1.22 bits per heavy atom. The molecule has 4 nitrogen and oxygen atoms in total. The van der Waals surface area contributed by atoms with Gasteiger partial charge in [-0.1, -0.05) is 13.8 Å². The maximum Gasteiger partial charge on any atom is 0.222 e. The predicted molar refractivity (Wildman–Crippen MR) is 75.4 cm³/mol. The van der Waals surface area contributed by atoms with Crippen LogP contribution in [0.5, 0.6) is 0 Å². The maximum atomic E-state index is 11.9. The molecule has 0 bridgehead atoms. The van der Waals surface area contributed by atoms with Crippen LogP contribution >= 0.6 is 0 Å². The Morgan fingerprint density at radius 3 is 2.61 bits per heavy atom. The molecule has 0 spiro atoms. The predicted octanol–water partition coefficient (Wildman–Crippen LogP) is 1.45. The van der Waals surface area contributed by atoms with Crippen molar-refractivity contribution in [2.45, 2.75) is 52.0 Å². The van der Waals surface area contributed by atoms with Gasteiger partial charge in [0.25, 0.3) is 0 Å². The molecule has 18 heavy (non-hydrogen) atoms. The standard InChI is InChI=1S/C14H29N3O/c1-3-6-14(18)17-10-5-9-16(11-12-17)13(4-2)7-8-15/h13H,3-12,15H2,1-2H3. The highest BCUT2D eigenvalue weighted by Crippen LogP contribution is 2.13. The Labute approximate surface area is 111 Å². The van der Waals surface area contributed by atoms with E-state index < -0.39 is 0 Å². The van der Waals surface area contributed by atoms with E-state index >= 15 is 0 Å². The lowest BCUT2D eigenvalue weighted by molar-refractivity contribution is -0.131. The van der Waals surface area contributed by atoms with Crippen molar-refractivity contribution in [2.75, 3.05) is 32.7 Å². The summed E-state index contributed by atoms with van der Waals surface area (Å²) in [5.41, 5.74) is 5.67. The first kappa shape index (κ1) is 15.4. The first-order valence-corrected chi connectivity index (χ1v) is 7.44. The number of nitrogens with zero attached hydrogens (tertiary/aromatic N) is 2. The fourth-order valence-electron chi connectivity index (χ4n) is 2.76. The van der Waals surface area contributed by atoms with Crippen molar-refractivity contribution in [3.05, 3.63) is 0 Å². The van der Waals surface area contributed by atoms with Gasteiger partial charge < -0.3 is 10.6 Å². The van der Waals surface area contributed by atoms with Gasteiger partial charge in [0.1, 0.15) is 0 Å². The van der Waals surface area contributed by atoms with Crippen LogP contribution in [0, 0.1) is 0 Å². The van der Waals surface area contributed by atoms with Crippen LogP contribution < -0.4 is 5.73 Å². The van der Waals surface area contributed by atoms with Gasteiger partial charge in [-0.25, -0.2) is 0 Å². The normalized spacial score (nSPS) is 19.6. The van der Waals surface area contributed by atoms with E-state index in [4.69, 9.17) is 5.73 Å². The lowest BCUT2D eigenvalue weighted by atomic mass is 10.1. The van der Waals surface area contributed by atoms with Crippen LogP contribution in [0.25, 0.3) is 0 Å². The highest BCUT2D eigenvalue weighted by atomic mass is 16.2. The van der Waals surface area contributed by atoms with Crippen molar-refractivity contribution >= 4 is 5.91 Å². The summed E-state index contributed by atoms with van der Waals surface area (Å²) in [6.07, 6.45) is 4.96. The maximum absolute atomic E-state index is 11.9. The van der Waals surface area contributed by atoms with Gasteiger partial charge in [-0.2, -0.15) is 0 Å². The van der Waals surface area contributed by atoms with E-state index in [-0.39, 0.29) is 0 Å². The van der Waals surface area contributed by atoms with Crippen molar-refractivity contribution in [3.63, 3.8) is 0 Å². The van der Waals surface area contributed by atoms with Crippen molar-refractivity contribution in [3.8, 4) is 0 Å². The molecule has 1 heterocycles. The summed E-state index contributed by atoms with van der Waals surface area (Å²) in [5, 5.41) is 0. The molecule has 0 aromatic rings. The SMILES string of the molecule is CCCC(=O)N1CCCN(C(CC)CCN)CC1. The lowest BCUT2D eigenvalue weighted by Crippen LogP contribution is -2.40. The summed E-state index contributed by atoms with van der Waals surface area (Å²) in [6, 6.07) is 0.594. The summed E-state index contributed by atoms with van der Waals surface area (Å²) in [6.45, 7) is 8.98. The first-order chi connectivity index (χ1) is 8.72. The van der Waals surface area contributed by atoms with Crippen LogP contribution in [0.2, 0.25) is 0 Å². The van der Waals surface area contributed by atoms with Crippen LogP contribution in [-0.2, 0) is 4.79 Å². The second kappa shape index (κ2) is 8.48. The number of nitrogens with two attached hydrogens (primary N) is 1. The van der Waals surface area contributed by atoms with Gasteiger partial charge in [0, 0.05) is 38.6 Å². The Morgan fingerprint density at radius 2 is 2.00 bits per heavy atom. The van der Waals surface area contributed by atoms with E-state index in [1.165, 1.54) is 0 Å². The highest BCUT2D eigenvalue weighted by molar-refractivity contribution is 5.76. The highest BCUT2D eigenvalue weighted by Gasteiger charge is 2.22. The Kier molecular flexibility index (Phi) is 7.28. The van der Waals surface area contributed by atoms with Gasteiger partial charge in [0.05, 0.1) is 0 Å². The minimum atomic E-state index is 0.325. The van der Waals surface area contributed by atoms with Gasteiger partial charge >= 0.3 is 0 Å². The van der Waals surface area contributed by atoms with Crippen molar-refractivity contribution in [2.24, 2.45) is 5.73 Å². The third-order valence-electron chi connectivity index (χ3n) is 3.83. The summed E-state index contributed by atoms with van der Waals surface area (Å²) in [5.74, 6) is 0.325. The molecule has 0 radical (unpaired) electrons. The van der Waals surface area contributed by atoms with E-state index in [0.717, 1.165) is 58.4 Å². The quantitative estimate of drug-likeness (QED) is 0.781. The summed E-state index contributed by atoms with van der Waals surface area (Å²) in [7, 11) is 0. The Balaban J connectivity index is 2.47. The van der Waals surface area contributed by atoms with E-state index in [2.05, 4.69) is 18.7 Å². The molecule has 1 saturated heterocycles. The molecular formula is C14H29N3O. The number of carbonyl (C=O) groups excluding carboxylic acids is 1. The Hall–Kier alpha value is -0.610. The molecule has 0 saturated carbocycles. The van der Waals surface area contributed by atoms with Crippen molar-refractivity contribution in [1.82, 2.24) is 9.80 Å². The van der Waals surface area contributed by atoms with E-state index in [1.807, 2.05) is 4.90 Å². The summed E-state index contributed by atoms with van der Waals surface area (Å²) >= 11 is 0. The third-order valence-corrected chi connectivity index (χ3v) is 3.83. The molecule has 1 rings (SSSR count). The van der Waals surface area contributed by atoms with Gasteiger partial charge in [0.15, 0.2) is 0 Å². The molecule has 4 heteroatoms. The zero-order valence-corrected chi connectivity index (χ0v) is 12.0.